The molecule has 0 saturated carbocycles. The van der Waals surface area contributed by atoms with Crippen molar-refractivity contribution >= 4 is 34.0 Å². The Bertz CT molecular complexity index is 739. The number of benzene rings is 2. The minimum Gasteiger partial charge on any atom is -0.397 e. The summed E-state index contributed by atoms with van der Waals surface area (Å²) >= 11 is 5.89. The lowest BCUT2D eigenvalue weighted by atomic mass is 10.2. The SMILES string of the molecule is CN(Cc1ccc(Cl)cc1)c1ccc(N)c2nonc12. The van der Waals surface area contributed by atoms with Crippen LogP contribution in [-0.2, 0) is 6.54 Å². The fourth-order valence-electron chi connectivity index (χ4n) is 2.13. The van der Waals surface area contributed by atoms with Crippen LogP contribution in [0.1, 0.15) is 5.56 Å². The van der Waals surface area contributed by atoms with Crippen LogP contribution in [-0.4, -0.2) is 17.4 Å². The van der Waals surface area contributed by atoms with Crippen LogP contribution in [0.15, 0.2) is 41.0 Å². The fourth-order valence-corrected chi connectivity index (χ4v) is 2.26. The van der Waals surface area contributed by atoms with E-state index in [0.717, 1.165) is 22.8 Å². The van der Waals surface area contributed by atoms with Crippen LogP contribution < -0.4 is 10.6 Å². The standard InChI is InChI=1S/C14H13ClN4O/c1-19(8-9-2-4-10(15)5-3-9)12-7-6-11(16)13-14(12)18-20-17-13/h2-7H,8,16H2,1H3. The van der Waals surface area contributed by atoms with Gasteiger partial charge >= 0.3 is 0 Å². The number of anilines is 2. The predicted molar refractivity (Wildman–Crippen MR) is 79.8 cm³/mol. The average Bonchev–Trinajstić information content (AvgIpc) is 2.92. The van der Waals surface area contributed by atoms with Crippen molar-refractivity contribution in [3.63, 3.8) is 0 Å². The van der Waals surface area contributed by atoms with Crippen LogP contribution in [0.25, 0.3) is 11.0 Å². The van der Waals surface area contributed by atoms with Gasteiger partial charge in [-0.15, -0.1) is 0 Å². The average molecular weight is 289 g/mol. The van der Waals surface area contributed by atoms with Crippen molar-refractivity contribution in [2.75, 3.05) is 17.7 Å². The maximum atomic E-state index is 5.89. The normalized spacial score (nSPS) is 10.9. The predicted octanol–water partition coefficient (Wildman–Crippen LogP) is 3.09. The Balaban J connectivity index is 1.92. The summed E-state index contributed by atoms with van der Waals surface area (Å²) in [6.07, 6.45) is 0. The van der Waals surface area contributed by atoms with Crippen molar-refractivity contribution in [1.29, 1.82) is 0 Å². The number of nitrogen functional groups attached to an aromatic ring is 1. The van der Waals surface area contributed by atoms with E-state index in [4.69, 9.17) is 22.0 Å². The molecule has 0 saturated heterocycles. The molecule has 5 nitrogen and oxygen atoms in total. The molecule has 20 heavy (non-hydrogen) atoms. The van der Waals surface area contributed by atoms with E-state index < -0.39 is 0 Å². The maximum absolute atomic E-state index is 5.89. The van der Waals surface area contributed by atoms with Crippen LogP contribution in [0, 0.1) is 0 Å². The van der Waals surface area contributed by atoms with Gasteiger partial charge < -0.3 is 10.6 Å². The van der Waals surface area contributed by atoms with Crippen molar-refractivity contribution in [3.8, 4) is 0 Å². The summed E-state index contributed by atoms with van der Waals surface area (Å²) in [6.45, 7) is 0.725. The van der Waals surface area contributed by atoms with Crippen molar-refractivity contribution in [3.05, 3.63) is 47.0 Å². The Hall–Kier alpha value is -2.27. The van der Waals surface area contributed by atoms with Gasteiger partial charge in [0.05, 0.1) is 11.4 Å². The highest BCUT2D eigenvalue weighted by atomic mass is 35.5. The van der Waals surface area contributed by atoms with Gasteiger partial charge in [0.1, 0.15) is 0 Å². The van der Waals surface area contributed by atoms with Gasteiger partial charge in [0.15, 0.2) is 11.0 Å². The topological polar surface area (TPSA) is 68.2 Å². The smallest absolute Gasteiger partial charge is 0.160 e. The molecule has 0 amide bonds. The summed E-state index contributed by atoms with van der Waals surface area (Å²) in [4.78, 5) is 2.06. The Morgan fingerprint density at radius 3 is 2.55 bits per heavy atom. The third kappa shape index (κ3) is 2.28. The van der Waals surface area contributed by atoms with Crippen molar-refractivity contribution in [2.45, 2.75) is 6.54 Å². The van der Waals surface area contributed by atoms with E-state index in [2.05, 4.69) is 15.2 Å². The zero-order valence-corrected chi connectivity index (χ0v) is 11.6. The fraction of sp³-hybridized carbons (Fsp3) is 0.143. The third-order valence-corrected chi connectivity index (χ3v) is 3.42. The first-order chi connectivity index (χ1) is 9.65. The third-order valence-electron chi connectivity index (χ3n) is 3.17. The van der Waals surface area contributed by atoms with Crippen molar-refractivity contribution in [2.24, 2.45) is 0 Å². The number of hydrogen-bond donors (Lipinski definition) is 1. The lowest BCUT2D eigenvalue weighted by Crippen LogP contribution is -2.16. The molecule has 0 radical (unpaired) electrons. The summed E-state index contributed by atoms with van der Waals surface area (Å²) in [5, 5.41) is 8.48. The summed E-state index contributed by atoms with van der Waals surface area (Å²) < 4.78 is 4.78. The minimum atomic E-state index is 0.560. The van der Waals surface area contributed by atoms with Gasteiger partial charge in [-0.1, -0.05) is 23.7 Å². The maximum Gasteiger partial charge on any atom is 0.160 e. The number of halogens is 1. The van der Waals surface area contributed by atoms with Gasteiger partial charge in [0.2, 0.25) is 0 Å². The van der Waals surface area contributed by atoms with E-state index in [1.54, 1.807) is 6.07 Å². The molecule has 0 aliphatic heterocycles. The summed E-state index contributed by atoms with van der Waals surface area (Å²) in [7, 11) is 1.98. The first-order valence-electron chi connectivity index (χ1n) is 6.11. The largest absolute Gasteiger partial charge is 0.397 e. The number of aromatic nitrogens is 2. The number of hydrogen-bond acceptors (Lipinski definition) is 5. The molecule has 1 aromatic heterocycles. The second kappa shape index (κ2) is 5.02. The van der Waals surface area contributed by atoms with E-state index in [0.29, 0.717) is 16.7 Å². The highest BCUT2D eigenvalue weighted by Gasteiger charge is 2.13. The summed E-state index contributed by atoms with van der Waals surface area (Å²) in [6, 6.07) is 11.5. The molecule has 1 heterocycles. The quantitative estimate of drug-likeness (QED) is 0.750. The molecule has 102 valence electrons. The molecule has 6 heteroatoms. The summed E-state index contributed by atoms with van der Waals surface area (Å²) in [5.41, 5.74) is 9.73. The summed E-state index contributed by atoms with van der Waals surface area (Å²) in [5.74, 6) is 0. The number of nitrogens with two attached hydrogens (primary N) is 1. The molecular weight excluding hydrogens is 276 g/mol. The van der Waals surface area contributed by atoms with Gasteiger partial charge in [-0.25, -0.2) is 4.63 Å². The Morgan fingerprint density at radius 1 is 1.10 bits per heavy atom. The molecule has 3 aromatic rings. The zero-order chi connectivity index (χ0) is 14.1. The van der Waals surface area contributed by atoms with Crippen LogP contribution >= 0.6 is 11.6 Å². The second-order valence-corrected chi connectivity index (χ2v) is 5.05. The van der Waals surface area contributed by atoms with E-state index in [1.165, 1.54) is 0 Å². The monoisotopic (exact) mass is 288 g/mol. The van der Waals surface area contributed by atoms with E-state index >= 15 is 0 Å². The lowest BCUT2D eigenvalue weighted by molar-refractivity contribution is 0.315. The van der Waals surface area contributed by atoms with Gasteiger partial charge in [-0.2, -0.15) is 0 Å². The number of rotatable bonds is 3. The Morgan fingerprint density at radius 2 is 1.80 bits per heavy atom. The molecule has 0 aliphatic rings. The van der Waals surface area contributed by atoms with Crippen molar-refractivity contribution in [1.82, 2.24) is 10.3 Å². The van der Waals surface area contributed by atoms with Crippen LogP contribution in [0.5, 0.6) is 0 Å². The molecule has 3 rings (SSSR count). The molecule has 0 aliphatic carbocycles. The molecule has 0 spiro atoms. The molecule has 0 unspecified atom stereocenters. The zero-order valence-electron chi connectivity index (χ0n) is 10.9. The molecule has 0 atom stereocenters. The molecule has 2 N–H and O–H groups in total. The van der Waals surface area contributed by atoms with Gasteiger partial charge in [-0.05, 0) is 40.1 Å². The van der Waals surface area contributed by atoms with Crippen LogP contribution in [0.2, 0.25) is 5.02 Å². The van der Waals surface area contributed by atoms with E-state index in [1.807, 2.05) is 37.4 Å². The van der Waals surface area contributed by atoms with E-state index in [-0.39, 0.29) is 0 Å². The van der Waals surface area contributed by atoms with E-state index in [9.17, 15) is 0 Å². The van der Waals surface area contributed by atoms with Crippen LogP contribution in [0.4, 0.5) is 11.4 Å². The molecule has 2 aromatic carbocycles. The first kappa shape index (κ1) is 12.7. The Kier molecular flexibility index (Phi) is 3.20. The highest BCUT2D eigenvalue weighted by Crippen LogP contribution is 2.28. The van der Waals surface area contributed by atoms with Gasteiger partial charge in [0.25, 0.3) is 0 Å². The number of fused-ring (bicyclic) bond motifs is 1. The van der Waals surface area contributed by atoms with Gasteiger partial charge in [-0.3, -0.25) is 0 Å². The van der Waals surface area contributed by atoms with Gasteiger partial charge in [0, 0.05) is 18.6 Å². The molecular formula is C14H13ClN4O. The highest BCUT2D eigenvalue weighted by molar-refractivity contribution is 6.30. The van der Waals surface area contributed by atoms with Crippen LogP contribution in [0.3, 0.4) is 0 Å². The Labute approximate surface area is 120 Å². The molecule has 0 fully saturated rings. The first-order valence-corrected chi connectivity index (χ1v) is 6.49. The lowest BCUT2D eigenvalue weighted by Gasteiger charge is -2.19. The minimum absolute atomic E-state index is 0.560. The number of nitrogens with zero attached hydrogens (tertiary/aromatic N) is 3. The second-order valence-electron chi connectivity index (χ2n) is 4.62. The van der Waals surface area contributed by atoms with Crippen molar-refractivity contribution < 1.29 is 4.63 Å². The molecule has 0 bridgehead atoms.